The first-order chi connectivity index (χ1) is 8.17. The minimum Gasteiger partial charge on any atom is -0.497 e. The van der Waals surface area contributed by atoms with Crippen molar-refractivity contribution in [3.63, 3.8) is 0 Å². The second-order valence-electron chi connectivity index (χ2n) is 3.69. The molecule has 1 aromatic rings. The maximum Gasteiger partial charge on any atom is 0.222 e. The third kappa shape index (κ3) is 4.34. The molecule has 17 heavy (non-hydrogen) atoms. The number of carbonyl (C=O) groups is 1. The quantitative estimate of drug-likeness (QED) is 0.759. The van der Waals surface area contributed by atoms with E-state index < -0.39 is 0 Å². The molecule has 0 fully saturated rings. The topological polar surface area (TPSA) is 38.8 Å². The highest BCUT2D eigenvalue weighted by Crippen LogP contribution is 2.16. The minimum absolute atomic E-state index is 0.128. The fourth-order valence-electron chi connectivity index (χ4n) is 1.37. The molecule has 0 saturated carbocycles. The summed E-state index contributed by atoms with van der Waals surface area (Å²) in [5.41, 5.74) is 0. The highest BCUT2D eigenvalue weighted by atomic mass is 16.5. The van der Waals surface area contributed by atoms with Gasteiger partial charge in [0.25, 0.3) is 0 Å². The summed E-state index contributed by atoms with van der Waals surface area (Å²) in [6, 6.07) is 7.38. The molecular weight excluding hydrogens is 218 g/mol. The van der Waals surface area contributed by atoms with E-state index in [2.05, 4.69) is 0 Å². The number of carbonyl (C=O) groups excluding carboxylic acids is 1. The van der Waals surface area contributed by atoms with Crippen molar-refractivity contribution in [1.29, 1.82) is 0 Å². The van der Waals surface area contributed by atoms with E-state index in [4.69, 9.17) is 9.47 Å². The lowest BCUT2D eigenvalue weighted by molar-refractivity contribution is -0.129. The first-order valence-corrected chi connectivity index (χ1v) is 5.68. The van der Waals surface area contributed by atoms with Crippen LogP contribution in [-0.2, 0) is 4.79 Å². The maximum atomic E-state index is 11.3. The van der Waals surface area contributed by atoms with Crippen LogP contribution in [0.4, 0.5) is 0 Å². The molecule has 4 heteroatoms. The largest absolute Gasteiger partial charge is 0.497 e. The number of hydrogen-bond acceptors (Lipinski definition) is 3. The van der Waals surface area contributed by atoms with E-state index in [1.54, 1.807) is 19.1 Å². The third-order valence-electron chi connectivity index (χ3n) is 2.48. The lowest BCUT2D eigenvalue weighted by Crippen LogP contribution is -2.30. The van der Waals surface area contributed by atoms with Crippen LogP contribution in [0.1, 0.15) is 13.3 Å². The average molecular weight is 237 g/mol. The molecule has 0 aliphatic rings. The Labute approximate surface area is 102 Å². The van der Waals surface area contributed by atoms with E-state index in [0.29, 0.717) is 19.6 Å². The maximum absolute atomic E-state index is 11.3. The van der Waals surface area contributed by atoms with Gasteiger partial charge in [-0.3, -0.25) is 4.79 Å². The molecule has 1 amide bonds. The molecule has 0 bridgehead atoms. The predicted molar refractivity (Wildman–Crippen MR) is 66.4 cm³/mol. The number of likely N-dealkylation sites (N-methyl/N-ethyl adjacent to an activating group) is 1. The zero-order chi connectivity index (χ0) is 12.7. The van der Waals surface area contributed by atoms with Gasteiger partial charge >= 0.3 is 0 Å². The highest BCUT2D eigenvalue weighted by Gasteiger charge is 2.05. The minimum atomic E-state index is 0.128. The van der Waals surface area contributed by atoms with E-state index in [0.717, 1.165) is 11.5 Å². The number of nitrogens with zero attached hydrogens (tertiary/aromatic N) is 1. The van der Waals surface area contributed by atoms with Gasteiger partial charge in [-0.2, -0.15) is 0 Å². The van der Waals surface area contributed by atoms with Gasteiger partial charge in [0.2, 0.25) is 5.91 Å². The lowest BCUT2D eigenvalue weighted by atomic mass is 10.3. The first-order valence-electron chi connectivity index (χ1n) is 5.68. The Hall–Kier alpha value is -1.71. The SMILES string of the molecule is CCC(=O)N(C)CCOc1ccc(OC)cc1. The molecule has 0 aliphatic carbocycles. The van der Waals surface area contributed by atoms with E-state index in [-0.39, 0.29) is 5.91 Å². The van der Waals surface area contributed by atoms with Crippen molar-refractivity contribution in [3.05, 3.63) is 24.3 Å². The highest BCUT2D eigenvalue weighted by molar-refractivity contribution is 5.75. The van der Waals surface area contributed by atoms with Crippen molar-refractivity contribution >= 4 is 5.91 Å². The van der Waals surface area contributed by atoms with Crippen LogP contribution < -0.4 is 9.47 Å². The molecular formula is C13H19NO3. The smallest absolute Gasteiger partial charge is 0.222 e. The molecule has 0 N–H and O–H groups in total. The Morgan fingerprint density at radius 1 is 1.24 bits per heavy atom. The van der Waals surface area contributed by atoms with Crippen molar-refractivity contribution in [1.82, 2.24) is 4.90 Å². The monoisotopic (exact) mass is 237 g/mol. The summed E-state index contributed by atoms with van der Waals surface area (Å²) >= 11 is 0. The van der Waals surface area contributed by atoms with Gasteiger partial charge in [-0.05, 0) is 24.3 Å². The second kappa shape index (κ2) is 6.78. The number of ether oxygens (including phenoxy) is 2. The number of hydrogen-bond donors (Lipinski definition) is 0. The van der Waals surface area contributed by atoms with E-state index >= 15 is 0 Å². The fourth-order valence-corrected chi connectivity index (χ4v) is 1.37. The van der Waals surface area contributed by atoms with Crippen LogP contribution in [0.3, 0.4) is 0 Å². The molecule has 0 radical (unpaired) electrons. The summed E-state index contributed by atoms with van der Waals surface area (Å²) < 4.78 is 10.6. The lowest BCUT2D eigenvalue weighted by Gasteiger charge is -2.16. The standard InChI is InChI=1S/C13H19NO3/c1-4-13(15)14(2)9-10-17-12-7-5-11(16-3)6-8-12/h5-8H,4,9-10H2,1-3H3. The fraction of sp³-hybridized carbons (Fsp3) is 0.462. The third-order valence-corrected chi connectivity index (χ3v) is 2.48. The van der Waals surface area contributed by atoms with E-state index in [9.17, 15) is 4.79 Å². The zero-order valence-corrected chi connectivity index (χ0v) is 10.6. The zero-order valence-electron chi connectivity index (χ0n) is 10.6. The number of benzene rings is 1. The predicted octanol–water partition coefficient (Wildman–Crippen LogP) is 1.94. The van der Waals surface area contributed by atoms with Gasteiger partial charge in [0.1, 0.15) is 18.1 Å². The van der Waals surface area contributed by atoms with Crippen molar-refractivity contribution in [2.24, 2.45) is 0 Å². The van der Waals surface area contributed by atoms with Crippen LogP contribution in [0.5, 0.6) is 11.5 Å². The summed E-state index contributed by atoms with van der Waals surface area (Å²) in [5, 5.41) is 0. The molecule has 0 saturated heterocycles. The Balaban J connectivity index is 2.33. The van der Waals surface area contributed by atoms with Crippen molar-refractivity contribution in [2.75, 3.05) is 27.3 Å². The van der Waals surface area contributed by atoms with Crippen LogP contribution in [0, 0.1) is 0 Å². The van der Waals surface area contributed by atoms with Crippen LogP contribution in [0.15, 0.2) is 24.3 Å². The van der Waals surface area contributed by atoms with Crippen LogP contribution in [0.2, 0.25) is 0 Å². The molecule has 0 aromatic heterocycles. The number of methoxy groups -OCH3 is 1. The van der Waals surface area contributed by atoms with Crippen LogP contribution in [0.25, 0.3) is 0 Å². The molecule has 4 nitrogen and oxygen atoms in total. The summed E-state index contributed by atoms with van der Waals surface area (Å²) in [7, 11) is 3.41. The van der Waals surface area contributed by atoms with Crippen LogP contribution in [-0.4, -0.2) is 38.1 Å². The van der Waals surface area contributed by atoms with E-state index in [1.165, 1.54) is 0 Å². The Bertz CT molecular complexity index is 348. The number of rotatable bonds is 6. The van der Waals surface area contributed by atoms with Crippen molar-refractivity contribution in [2.45, 2.75) is 13.3 Å². The molecule has 94 valence electrons. The van der Waals surface area contributed by atoms with Gasteiger partial charge in [0.05, 0.1) is 13.7 Å². The molecule has 0 unspecified atom stereocenters. The Morgan fingerprint density at radius 3 is 2.35 bits per heavy atom. The summed E-state index contributed by atoms with van der Waals surface area (Å²) in [5.74, 6) is 1.71. The molecule has 0 heterocycles. The molecule has 0 spiro atoms. The van der Waals surface area contributed by atoms with Gasteiger partial charge in [0, 0.05) is 13.5 Å². The normalized spacial score (nSPS) is 9.82. The molecule has 0 atom stereocenters. The van der Waals surface area contributed by atoms with Crippen molar-refractivity contribution in [3.8, 4) is 11.5 Å². The van der Waals surface area contributed by atoms with Gasteiger partial charge < -0.3 is 14.4 Å². The Morgan fingerprint density at radius 2 is 1.82 bits per heavy atom. The molecule has 0 aliphatic heterocycles. The van der Waals surface area contributed by atoms with Gasteiger partial charge in [-0.15, -0.1) is 0 Å². The van der Waals surface area contributed by atoms with Crippen molar-refractivity contribution < 1.29 is 14.3 Å². The van der Waals surface area contributed by atoms with E-state index in [1.807, 2.05) is 31.2 Å². The van der Waals surface area contributed by atoms with Gasteiger partial charge in [-0.1, -0.05) is 6.92 Å². The second-order valence-corrected chi connectivity index (χ2v) is 3.69. The summed E-state index contributed by atoms with van der Waals surface area (Å²) in [4.78, 5) is 13.0. The molecule has 1 rings (SSSR count). The first kappa shape index (κ1) is 13.4. The summed E-state index contributed by atoms with van der Waals surface area (Å²) in [6.07, 6.45) is 0.527. The van der Waals surface area contributed by atoms with Crippen LogP contribution >= 0.6 is 0 Å². The van der Waals surface area contributed by atoms with Gasteiger partial charge in [-0.25, -0.2) is 0 Å². The Kier molecular flexibility index (Phi) is 5.33. The summed E-state index contributed by atoms with van der Waals surface area (Å²) in [6.45, 7) is 2.94. The average Bonchev–Trinajstić information content (AvgIpc) is 2.38. The molecule has 1 aromatic carbocycles. The van der Waals surface area contributed by atoms with Gasteiger partial charge in [0.15, 0.2) is 0 Å². The number of amides is 1.